The Labute approximate surface area is 99.3 Å². The summed E-state index contributed by atoms with van der Waals surface area (Å²) in [4.78, 5) is 0. The van der Waals surface area contributed by atoms with Crippen LogP contribution in [-0.2, 0) is 0 Å². The van der Waals surface area contributed by atoms with Gasteiger partial charge in [0.1, 0.15) is 0 Å². The molecule has 0 spiro atoms. The molecular formula is C14H24N2. The second-order valence-electron chi connectivity index (χ2n) is 4.40. The van der Waals surface area contributed by atoms with Crippen molar-refractivity contribution < 1.29 is 0 Å². The molecule has 0 saturated carbocycles. The van der Waals surface area contributed by atoms with E-state index in [1.807, 2.05) is 6.08 Å². The van der Waals surface area contributed by atoms with E-state index in [1.165, 1.54) is 18.4 Å². The van der Waals surface area contributed by atoms with Crippen LogP contribution in [0.25, 0.3) is 0 Å². The van der Waals surface area contributed by atoms with Gasteiger partial charge in [-0.25, -0.2) is 0 Å². The molecule has 2 heteroatoms. The lowest BCUT2D eigenvalue weighted by molar-refractivity contribution is 0.607. The minimum Gasteiger partial charge on any atom is -0.386 e. The smallest absolute Gasteiger partial charge is 0.0954 e. The first-order valence-electron chi connectivity index (χ1n) is 6.27. The van der Waals surface area contributed by atoms with Crippen LogP contribution >= 0.6 is 0 Å². The molecule has 0 bridgehead atoms. The van der Waals surface area contributed by atoms with Crippen molar-refractivity contribution in [3.05, 3.63) is 36.2 Å². The number of unbranched alkanes of at least 4 members (excludes halogenated alkanes) is 1. The largest absolute Gasteiger partial charge is 0.386 e. The topological polar surface area (TPSA) is 38.0 Å². The molecule has 1 atom stereocenters. The summed E-state index contributed by atoms with van der Waals surface area (Å²) in [5.41, 5.74) is 7.39. The van der Waals surface area contributed by atoms with E-state index in [4.69, 9.17) is 5.73 Å². The molecule has 0 saturated heterocycles. The van der Waals surface area contributed by atoms with Gasteiger partial charge in [0.25, 0.3) is 0 Å². The molecule has 0 aliphatic carbocycles. The van der Waals surface area contributed by atoms with Crippen molar-refractivity contribution in [1.82, 2.24) is 5.32 Å². The maximum absolute atomic E-state index is 5.97. The van der Waals surface area contributed by atoms with Gasteiger partial charge in [0.2, 0.25) is 0 Å². The molecule has 2 nitrogen and oxygen atoms in total. The first-order chi connectivity index (χ1) is 7.77. The van der Waals surface area contributed by atoms with E-state index in [9.17, 15) is 0 Å². The van der Waals surface area contributed by atoms with E-state index >= 15 is 0 Å². The minimum atomic E-state index is 0.507. The number of hydrogen-bond acceptors (Lipinski definition) is 2. The zero-order chi connectivity index (χ0) is 11.8. The monoisotopic (exact) mass is 220 g/mol. The van der Waals surface area contributed by atoms with E-state index in [-0.39, 0.29) is 0 Å². The number of rotatable bonds is 7. The van der Waals surface area contributed by atoms with Gasteiger partial charge in [-0.1, -0.05) is 31.6 Å². The van der Waals surface area contributed by atoms with Crippen LogP contribution in [-0.4, -0.2) is 6.04 Å². The summed E-state index contributed by atoms with van der Waals surface area (Å²) in [6.07, 6.45) is 13.1. The molecule has 0 fully saturated rings. The predicted octanol–water partition coefficient (Wildman–Crippen LogP) is 3.23. The summed E-state index contributed by atoms with van der Waals surface area (Å²) in [6, 6.07) is 0.507. The van der Waals surface area contributed by atoms with Crippen LogP contribution in [0, 0.1) is 0 Å². The Kier molecular flexibility index (Phi) is 5.76. The van der Waals surface area contributed by atoms with Crippen molar-refractivity contribution in [2.24, 2.45) is 5.73 Å². The molecule has 16 heavy (non-hydrogen) atoms. The molecular weight excluding hydrogens is 196 g/mol. The highest BCUT2D eigenvalue weighted by atomic mass is 15.0. The Bertz CT molecular complexity index is 276. The molecule has 1 heterocycles. The fraction of sp³-hybridized carbons (Fsp3) is 0.571. The quantitative estimate of drug-likeness (QED) is 0.646. The molecule has 0 amide bonds. The summed E-state index contributed by atoms with van der Waals surface area (Å²) in [5.74, 6) is 0.926. The van der Waals surface area contributed by atoms with Crippen LogP contribution in [0.1, 0.15) is 45.4 Å². The van der Waals surface area contributed by atoms with Crippen LogP contribution in [0.5, 0.6) is 0 Å². The fourth-order valence-corrected chi connectivity index (χ4v) is 2.00. The van der Waals surface area contributed by atoms with Crippen LogP contribution in [0.3, 0.4) is 0 Å². The molecule has 0 radical (unpaired) electrons. The Morgan fingerprint density at radius 3 is 3.00 bits per heavy atom. The van der Waals surface area contributed by atoms with E-state index < -0.39 is 0 Å². The number of nitrogens with one attached hydrogen (secondary N) is 1. The minimum absolute atomic E-state index is 0.507. The Balaban J connectivity index is 2.28. The second kappa shape index (κ2) is 7.15. The maximum atomic E-state index is 5.97. The van der Waals surface area contributed by atoms with E-state index in [2.05, 4.69) is 31.0 Å². The van der Waals surface area contributed by atoms with E-state index in [0.717, 1.165) is 31.5 Å². The average Bonchev–Trinajstić information content (AvgIpc) is 2.63. The van der Waals surface area contributed by atoms with E-state index in [1.54, 1.807) is 0 Å². The SMILES string of the molecule is C=CC/C=C/CC1CC(CCCC)=C(N)N1. The Morgan fingerprint density at radius 2 is 2.31 bits per heavy atom. The third-order valence-electron chi connectivity index (χ3n) is 2.96. The molecule has 0 aromatic carbocycles. The standard InChI is InChI=1S/C14H24N2/c1-3-5-7-8-10-13-11-12(9-6-4-2)14(15)16-13/h3,7-8,13,16H,1,4-6,9-11,15H2,2H3/b8-7+. The van der Waals surface area contributed by atoms with Crippen molar-refractivity contribution in [2.75, 3.05) is 0 Å². The second-order valence-corrected chi connectivity index (χ2v) is 4.40. The van der Waals surface area contributed by atoms with Gasteiger partial charge in [-0.05, 0) is 37.7 Å². The van der Waals surface area contributed by atoms with Crippen molar-refractivity contribution in [3.63, 3.8) is 0 Å². The maximum Gasteiger partial charge on any atom is 0.0954 e. The van der Waals surface area contributed by atoms with Gasteiger partial charge >= 0.3 is 0 Å². The highest BCUT2D eigenvalue weighted by Gasteiger charge is 2.19. The average molecular weight is 220 g/mol. The van der Waals surface area contributed by atoms with Crippen molar-refractivity contribution in [3.8, 4) is 0 Å². The summed E-state index contributed by atoms with van der Waals surface area (Å²) >= 11 is 0. The van der Waals surface area contributed by atoms with Crippen molar-refractivity contribution >= 4 is 0 Å². The number of allylic oxidation sites excluding steroid dienone is 2. The molecule has 0 aromatic heterocycles. The molecule has 3 N–H and O–H groups in total. The van der Waals surface area contributed by atoms with Gasteiger partial charge in [0.15, 0.2) is 0 Å². The summed E-state index contributed by atoms with van der Waals surface area (Å²) in [7, 11) is 0. The van der Waals surface area contributed by atoms with E-state index in [0.29, 0.717) is 6.04 Å². The molecule has 1 unspecified atom stereocenters. The lowest BCUT2D eigenvalue weighted by Gasteiger charge is -2.08. The zero-order valence-corrected chi connectivity index (χ0v) is 10.3. The first kappa shape index (κ1) is 12.9. The fourth-order valence-electron chi connectivity index (χ4n) is 2.00. The van der Waals surface area contributed by atoms with Crippen LogP contribution < -0.4 is 11.1 Å². The van der Waals surface area contributed by atoms with Gasteiger partial charge in [0.05, 0.1) is 5.82 Å². The number of nitrogens with two attached hydrogens (primary N) is 1. The molecule has 1 rings (SSSR count). The third-order valence-corrected chi connectivity index (χ3v) is 2.96. The molecule has 1 aliphatic rings. The molecule has 1 aliphatic heterocycles. The van der Waals surface area contributed by atoms with Crippen LogP contribution in [0.15, 0.2) is 36.2 Å². The molecule has 0 aromatic rings. The highest BCUT2D eigenvalue weighted by molar-refractivity contribution is 5.19. The van der Waals surface area contributed by atoms with Gasteiger partial charge < -0.3 is 11.1 Å². The summed E-state index contributed by atoms with van der Waals surface area (Å²) in [5, 5.41) is 3.37. The number of hydrogen-bond donors (Lipinski definition) is 2. The van der Waals surface area contributed by atoms with Crippen molar-refractivity contribution in [2.45, 2.75) is 51.5 Å². The normalized spacial score (nSPS) is 20.4. The van der Waals surface area contributed by atoms with Gasteiger partial charge in [-0.3, -0.25) is 0 Å². The van der Waals surface area contributed by atoms with Crippen molar-refractivity contribution in [1.29, 1.82) is 0 Å². The van der Waals surface area contributed by atoms with Gasteiger partial charge in [-0.15, -0.1) is 6.58 Å². The Morgan fingerprint density at radius 1 is 1.50 bits per heavy atom. The van der Waals surface area contributed by atoms with Crippen LogP contribution in [0.2, 0.25) is 0 Å². The first-order valence-corrected chi connectivity index (χ1v) is 6.27. The highest BCUT2D eigenvalue weighted by Crippen LogP contribution is 2.23. The molecule has 90 valence electrons. The summed E-state index contributed by atoms with van der Waals surface area (Å²) in [6.45, 7) is 5.91. The Hall–Kier alpha value is -1.18. The van der Waals surface area contributed by atoms with Gasteiger partial charge in [0, 0.05) is 6.04 Å². The zero-order valence-electron chi connectivity index (χ0n) is 10.3. The van der Waals surface area contributed by atoms with Gasteiger partial charge in [-0.2, -0.15) is 0 Å². The lowest BCUT2D eigenvalue weighted by atomic mass is 10.0. The van der Waals surface area contributed by atoms with Crippen LogP contribution in [0.4, 0.5) is 0 Å². The predicted molar refractivity (Wildman–Crippen MR) is 70.9 cm³/mol. The summed E-state index contributed by atoms with van der Waals surface area (Å²) < 4.78 is 0. The lowest BCUT2D eigenvalue weighted by Crippen LogP contribution is -2.25. The third kappa shape index (κ3) is 4.13.